The van der Waals surface area contributed by atoms with Crippen LogP contribution in [0.1, 0.15) is 32.4 Å². The van der Waals surface area contributed by atoms with Crippen molar-refractivity contribution in [3.63, 3.8) is 0 Å². The Kier molecular flexibility index (Phi) is 5.97. The standard InChI is InChI=1S/C23H25N5O3/c1-15(2)20-13-30-23(29)28(20)22-25-14-24-21(27-22)26-16(3)17-9-11-19(12-10-17)31-18-7-5-4-6-8-18/h4-12,14-16,20H,13H2,1-3H3,(H,24,25,26,27)/t16-,20+/m0/s1. The van der Waals surface area contributed by atoms with Gasteiger partial charge in [-0.1, -0.05) is 44.2 Å². The van der Waals surface area contributed by atoms with Gasteiger partial charge in [0.05, 0.1) is 12.1 Å². The van der Waals surface area contributed by atoms with Crippen LogP contribution in [0.2, 0.25) is 0 Å². The SMILES string of the molecule is CC(C)[C@H]1COC(=O)N1c1ncnc(N[C@@H](C)c2ccc(Oc3ccccc3)cc2)n1. The number of aromatic nitrogens is 3. The molecule has 0 unspecified atom stereocenters. The molecular weight excluding hydrogens is 394 g/mol. The van der Waals surface area contributed by atoms with Gasteiger partial charge < -0.3 is 14.8 Å². The molecule has 2 aromatic carbocycles. The van der Waals surface area contributed by atoms with E-state index in [0.717, 1.165) is 17.1 Å². The van der Waals surface area contributed by atoms with E-state index in [1.165, 1.54) is 11.2 Å². The number of ether oxygens (including phenoxy) is 2. The zero-order valence-electron chi connectivity index (χ0n) is 17.7. The number of para-hydroxylation sites is 1. The zero-order valence-corrected chi connectivity index (χ0v) is 17.7. The van der Waals surface area contributed by atoms with E-state index in [9.17, 15) is 4.79 Å². The van der Waals surface area contributed by atoms with Gasteiger partial charge in [-0.25, -0.2) is 19.7 Å². The van der Waals surface area contributed by atoms with Crippen LogP contribution in [0.5, 0.6) is 11.5 Å². The Hall–Kier alpha value is -3.68. The number of benzene rings is 2. The molecule has 1 aliphatic rings. The minimum absolute atomic E-state index is 0.0625. The van der Waals surface area contributed by atoms with Crippen molar-refractivity contribution >= 4 is 18.0 Å². The molecule has 1 fully saturated rings. The van der Waals surface area contributed by atoms with Crippen LogP contribution in [-0.4, -0.2) is 33.7 Å². The third kappa shape index (κ3) is 4.74. The van der Waals surface area contributed by atoms with E-state index in [0.29, 0.717) is 12.6 Å². The lowest BCUT2D eigenvalue weighted by Gasteiger charge is -2.22. The predicted molar refractivity (Wildman–Crippen MR) is 117 cm³/mol. The first kappa shape index (κ1) is 20.6. The van der Waals surface area contributed by atoms with Crippen LogP contribution in [0.25, 0.3) is 0 Å². The van der Waals surface area contributed by atoms with Crippen molar-refractivity contribution in [2.45, 2.75) is 32.9 Å². The molecule has 8 nitrogen and oxygen atoms in total. The molecule has 2 atom stereocenters. The fraction of sp³-hybridized carbons (Fsp3) is 0.304. The van der Waals surface area contributed by atoms with Gasteiger partial charge in [-0.15, -0.1) is 0 Å². The monoisotopic (exact) mass is 419 g/mol. The van der Waals surface area contributed by atoms with Crippen molar-refractivity contribution in [3.8, 4) is 11.5 Å². The quantitative estimate of drug-likeness (QED) is 0.587. The molecule has 0 aliphatic carbocycles. The van der Waals surface area contributed by atoms with Gasteiger partial charge in [-0.2, -0.15) is 4.98 Å². The van der Waals surface area contributed by atoms with Crippen molar-refractivity contribution in [2.24, 2.45) is 5.92 Å². The first-order valence-corrected chi connectivity index (χ1v) is 10.3. The Bertz CT molecular complexity index is 1030. The van der Waals surface area contributed by atoms with Gasteiger partial charge >= 0.3 is 6.09 Å². The van der Waals surface area contributed by atoms with Gasteiger partial charge in [0.25, 0.3) is 0 Å². The minimum Gasteiger partial charge on any atom is -0.457 e. The number of carbonyl (C=O) groups is 1. The largest absolute Gasteiger partial charge is 0.457 e. The molecule has 2 heterocycles. The number of rotatable bonds is 7. The molecule has 1 amide bonds. The lowest BCUT2D eigenvalue weighted by molar-refractivity contribution is 0.177. The molecule has 1 saturated heterocycles. The second kappa shape index (κ2) is 8.99. The molecule has 0 saturated carbocycles. The van der Waals surface area contributed by atoms with Crippen LogP contribution in [0, 0.1) is 5.92 Å². The van der Waals surface area contributed by atoms with Crippen LogP contribution in [0.3, 0.4) is 0 Å². The number of hydrogen-bond acceptors (Lipinski definition) is 7. The van der Waals surface area contributed by atoms with Crippen LogP contribution < -0.4 is 15.0 Å². The fourth-order valence-corrected chi connectivity index (χ4v) is 3.36. The van der Waals surface area contributed by atoms with Gasteiger partial charge in [0.2, 0.25) is 11.9 Å². The third-order valence-electron chi connectivity index (χ3n) is 5.15. The van der Waals surface area contributed by atoms with Crippen LogP contribution in [0.15, 0.2) is 60.9 Å². The van der Waals surface area contributed by atoms with Gasteiger partial charge in [0, 0.05) is 0 Å². The van der Waals surface area contributed by atoms with E-state index in [4.69, 9.17) is 9.47 Å². The molecule has 1 aliphatic heterocycles. The molecule has 1 N–H and O–H groups in total. The molecule has 3 aromatic rings. The highest BCUT2D eigenvalue weighted by atomic mass is 16.6. The summed E-state index contributed by atoms with van der Waals surface area (Å²) in [6, 6.07) is 17.3. The average molecular weight is 419 g/mol. The maximum Gasteiger partial charge on any atom is 0.417 e. The summed E-state index contributed by atoms with van der Waals surface area (Å²) in [4.78, 5) is 26.5. The molecule has 8 heteroatoms. The van der Waals surface area contributed by atoms with Crippen molar-refractivity contribution in [3.05, 3.63) is 66.5 Å². The van der Waals surface area contributed by atoms with E-state index >= 15 is 0 Å². The predicted octanol–water partition coefficient (Wildman–Crippen LogP) is 4.82. The molecule has 31 heavy (non-hydrogen) atoms. The summed E-state index contributed by atoms with van der Waals surface area (Å²) in [5.41, 5.74) is 1.04. The fourth-order valence-electron chi connectivity index (χ4n) is 3.36. The second-order valence-electron chi connectivity index (χ2n) is 7.72. The summed E-state index contributed by atoms with van der Waals surface area (Å²) in [6.45, 7) is 6.41. The first-order valence-electron chi connectivity index (χ1n) is 10.3. The maximum atomic E-state index is 12.2. The smallest absolute Gasteiger partial charge is 0.417 e. The van der Waals surface area contributed by atoms with Crippen molar-refractivity contribution in [1.29, 1.82) is 0 Å². The van der Waals surface area contributed by atoms with Crippen LogP contribution >= 0.6 is 0 Å². The van der Waals surface area contributed by atoms with Crippen LogP contribution in [0.4, 0.5) is 16.7 Å². The average Bonchev–Trinajstić information content (AvgIpc) is 3.17. The van der Waals surface area contributed by atoms with Crippen LogP contribution in [-0.2, 0) is 4.74 Å². The Balaban J connectivity index is 1.44. The Morgan fingerprint density at radius 2 is 1.74 bits per heavy atom. The lowest BCUT2D eigenvalue weighted by Crippen LogP contribution is -2.38. The van der Waals surface area contributed by atoms with E-state index in [1.54, 1.807) is 0 Å². The molecule has 1 aromatic heterocycles. The molecular formula is C23H25N5O3. The molecule has 0 spiro atoms. The van der Waals surface area contributed by atoms with Gasteiger partial charge in [-0.3, -0.25) is 0 Å². The Morgan fingerprint density at radius 1 is 1.03 bits per heavy atom. The number of nitrogens with one attached hydrogen (secondary N) is 1. The Morgan fingerprint density at radius 3 is 2.45 bits per heavy atom. The number of hydrogen-bond donors (Lipinski definition) is 1. The van der Waals surface area contributed by atoms with E-state index in [1.807, 2.05) is 75.4 Å². The minimum atomic E-state index is -0.432. The number of anilines is 2. The zero-order chi connectivity index (χ0) is 21.8. The van der Waals surface area contributed by atoms with Crippen molar-refractivity contribution in [1.82, 2.24) is 15.0 Å². The highest BCUT2D eigenvalue weighted by molar-refractivity contribution is 5.88. The molecule has 0 radical (unpaired) electrons. The van der Waals surface area contributed by atoms with E-state index in [-0.39, 0.29) is 23.9 Å². The van der Waals surface area contributed by atoms with Crippen molar-refractivity contribution in [2.75, 3.05) is 16.8 Å². The maximum absolute atomic E-state index is 12.2. The summed E-state index contributed by atoms with van der Waals surface area (Å²) < 4.78 is 11.0. The summed E-state index contributed by atoms with van der Waals surface area (Å²) in [5, 5.41) is 3.27. The summed E-state index contributed by atoms with van der Waals surface area (Å²) >= 11 is 0. The summed E-state index contributed by atoms with van der Waals surface area (Å²) in [6.07, 6.45) is 0.967. The lowest BCUT2D eigenvalue weighted by atomic mass is 10.1. The third-order valence-corrected chi connectivity index (χ3v) is 5.15. The number of cyclic esters (lactones) is 1. The molecule has 160 valence electrons. The summed E-state index contributed by atoms with van der Waals surface area (Å²) in [5.74, 6) is 2.45. The van der Waals surface area contributed by atoms with Gasteiger partial charge in [0.15, 0.2) is 0 Å². The van der Waals surface area contributed by atoms with E-state index < -0.39 is 6.09 Å². The van der Waals surface area contributed by atoms with E-state index in [2.05, 4.69) is 20.3 Å². The summed E-state index contributed by atoms with van der Waals surface area (Å²) in [7, 11) is 0. The first-order chi connectivity index (χ1) is 15.0. The van der Waals surface area contributed by atoms with Crippen molar-refractivity contribution < 1.29 is 14.3 Å². The number of carbonyl (C=O) groups excluding carboxylic acids is 1. The number of amides is 1. The number of nitrogens with zero attached hydrogens (tertiary/aromatic N) is 4. The Labute approximate surface area is 181 Å². The second-order valence-corrected chi connectivity index (χ2v) is 7.72. The van der Waals surface area contributed by atoms with Gasteiger partial charge in [0.1, 0.15) is 24.4 Å². The molecule has 0 bridgehead atoms. The highest BCUT2D eigenvalue weighted by Crippen LogP contribution is 2.26. The van der Waals surface area contributed by atoms with Gasteiger partial charge in [-0.05, 0) is 42.7 Å². The molecule has 4 rings (SSSR count). The topological polar surface area (TPSA) is 89.5 Å². The highest BCUT2D eigenvalue weighted by Gasteiger charge is 2.38. The normalized spacial score (nSPS) is 16.8.